The van der Waals surface area contributed by atoms with Gasteiger partial charge in [-0.25, -0.2) is 4.79 Å². The first-order valence-corrected chi connectivity index (χ1v) is 12.8. The molecule has 190 valence electrons. The lowest BCUT2D eigenvalue weighted by Crippen LogP contribution is -2.22. The van der Waals surface area contributed by atoms with Crippen molar-refractivity contribution in [2.45, 2.75) is 39.2 Å². The van der Waals surface area contributed by atoms with Crippen molar-refractivity contribution in [2.24, 2.45) is 0 Å². The Balaban J connectivity index is 1.61. The Bertz CT molecular complexity index is 979. The normalized spacial score (nSPS) is 12.9. The van der Waals surface area contributed by atoms with Gasteiger partial charge in [-0.3, -0.25) is 0 Å². The van der Waals surface area contributed by atoms with Crippen molar-refractivity contribution in [2.75, 3.05) is 51.5 Å². The van der Waals surface area contributed by atoms with E-state index >= 15 is 0 Å². The number of nitrogens with zero attached hydrogens (tertiary/aromatic N) is 1. The number of hydrogen-bond donors (Lipinski definition) is 1. The van der Waals surface area contributed by atoms with Crippen molar-refractivity contribution < 1.29 is 19.0 Å². The van der Waals surface area contributed by atoms with Crippen LogP contribution >= 0.6 is 11.6 Å². The zero-order valence-electron chi connectivity index (χ0n) is 20.9. The minimum absolute atomic E-state index is 0.295. The molecule has 0 radical (unpaired) electrons. The minimum atomic E-state index is -0.295. The van der Waals surface area contributed by atoms with Gasteiger partial charge in [0.1, 0.15) is 0 Å². The predicted octanol–water partition coefficient (Wildman–Crippen LogP) is 5.23. The van der Waals surface area contributed by atoms with E-state index < -0.39 is 0 Å². The summed E-state index contributed by atoms with van der Waals surface area (Å²) in [6.45, 7) is 6.43. The van der Waals surface area contributed by atoms with Crippen molar-refractivity contribution in [3.05, 3.63) is 70.3 Å². The Labute approximate surface area is 214 Å². The zero-order valence-corrected chi connectivity index (χ0v) is 21.6. The second kappa shape index (κ2) is 14.9. The molecule has 1 heterocycles. The first-order valence-electron chi connectivity index (χ1n) is 12.4. The molecule has 2 aromatic rings. The molecule has 0 unspecified atom stereocenters. The number of hydrogen-bond acceptors (Lipinski definition) is 6. The number of rotatable bonds is 14. The Hall–Kier alpha value is -2.38. The minimum Gasteiger partial charge on any atom is -0.463 e. The molecule has 3 rings (SSSR count). The molecule has 2 aromatic carbocycles. The molecule has 35 heavy (non-hydrogen) atoms. The lowest BCUT2D eigenvalue weighted by Gasteiger charge is -2.27. The molecule has 7 heteroatoms. The summed E-state index contributed by atoms with van der Waals surface area (Å²) in [5.74, 6) is -0.295. The Morgan fingerprint density at radius 2 is 1.94 bits per heavy atom. The molecule has 6 nitrogen and oxygen atoms in total. The lowest BCUT2D eigenvalue weighted by molar-refractivity contribution is -0.137. The highest BCUT2D eigenvalue weighted by Crippen LogP contribution is 2.38. The molecule has 1 aliphatic heterocycles. The molecule has 0 spiro atoms. The monoisotopic (exact) mass is 500 g/mol. The van der Waals surface area contributed by atoms with Crippen LogP contribution in [0.2, 0.25) is 5.02 Å². The van der Waals surface area contributed by atoms with Crippen molar-refractivity contribution in [1.82, 2.24) is 5.32 Å². The zero-order chi connectivity index (χ0) is 24.9. The van der Waals surface area contributed by atoms with Crippen molar-refractivity contribution in [3.8, 4) is 0 Å². The molecule has 0 aromatic heterocycles. The highest BCUT2D eigenvalue weighted by Gasteiger charge is 2.21. The number of unbranched alkanes of at least 4 members (excludes halogenated alkanes) is 1. The van der Waals surface area contributed by atoms with Crippen LogP contribution in [-0.4, -0.2) is 52.5 Å². The number of halogens is 1. The van der Waals surface area contributed by atoms with Crippen LogP contribution in [0.1, 0.15) is 36.5 Å². The molecule has 0 atom stereocenters. The van der Waals surface area contributed by atoms with Gasteiger partial charge in [-0.05, 0) is 74.0 Å². The summed E-state index contributed by atoms with van der Waals surface area (Å²) in [7, 11) is 1.68. The SMILES string of the molecule is CCOC(=O)/C=C/CNCCCCN1c2ccc(COCCOC)cc2CCc2ccc(Cl)cc21. The lowest BCUT2D eigenvalue weighted by atomic mass is 10.0. The highest BCUT2D eigenvalue weighted by molar-refractivity contribution is 6.30. The van der Waals surface area contributed by atoms with Crippen LogP contribution in [0.5, 0.6) is 0 Å². The molecule has 0 saturated heterocycles. The first-order chi connectivity index (χ1) is 17.1. The van der Waals surface area contributed by atoms with Crippen LogP contribution < -0.4 is 10.2 Å². The molecule has 1 N–H and O–H groups in total. The summed E-state index contributed by atoms with van der Waals surface area (Å²) in [5, 5.41) is 4.12. The van der Waals surface area contributed by atoms with Gasteiger partial charge in [-0.1, -0.05) is 35.9 Å². The Morgan fingerprint density at radius 3 is 2.77 bits per heavy atom. The number of fused-ring (bicyclic) bond motifs is 2. The summed E-state index contributed by atoms with van der Waals surface area (Å²) in [6.07, 6.45) is 7.31. The van der Waals surface area contributed by atoms with Gasteiger partial charge < -0.3 is 24.4 Å². The summed E-state index contributed by atoms with van der Waals surface area (Å²) in [6, 6.07) is 12.9. The van der Waals surface area contributed by atoms with Crippen molar-refractivity contribution in [3.63, 3.8) is 0 Å². The number of methoxy groups -OCH3 is 1. The molecule has 0 amide bonds. The standard InChI is InChI=1S/C28H37ClN2O4/c1-3-35-28(32)7-6-15-30-14-4-5-16-31-26-13-8-22(21-34-18-17-33-2)19-24(26)10-9-23-11-12-25(29)20-27(23)31/h6-8,11-13,19-20,30H,3-5,9-10,14-18,21H2,1-2H3/b7-6+. The van der Waals surface area contributed by atoms with Gasteiger partial charge in [0.25, 0.3) is 0 Å². The molecule has 0 saturated carbocycles. The molecular weight excluding hydrogens is 464 g/mol. The quantitative estimate of drug-likeness (QED) is 0.218. The fourth-order valence-electron chi connectivity index (χ4n) is 4.21. The van der Waals surface area contributed by atoms with E-state index in [2.05, 4.69) is 40.5 Å². The van der Waals surface area contributed by atoms with E-state index in [0.717, 1.165) is 43.8 Å². The number of benzene rings is 2. The molecule has 0 aliphatic carbocycles. The van der Waals surface area contributed by atoms with E-state index in [9.17, 15) is 4.79 Å². The van der Waals surface area contributed by atoms with Gasteiger partial charge in [-0.2, -0.15) is 0 Å². The third kappa shape index (κ3) is 8.65. The Kier molecular flexibility index (Phi) is 11.6. The average molecular weight is 501 g/mol. The molecule has 1 aliphatic rings. The number of esters is 1. The summed E-state index contributed by atoms with van der Waals surface area (Å²) in [4.78, 5) is 13.8. The van der Waals surface area contributed by atoms with Gasteiger partial charge in [-0.15, -0.1) is 0 Å². The van der Waals surface area contributed by atoms with E-state index in [1.807, 2.05) is 6.07 Å². The van der Waals surface area contributed by atoms with Gasteiger partial charge >= 0.3 is 5.97 Å². The van der Waals surface area contributed by atoms with E-state index in [4.69, 9.17) is 25.8 Å². The van der Waals surface area contributed by atoms with Crippen LogP contribution in [0.15, 0.2) is 48.6 Å². The number of ether oxygens (including phenoxy) is 3. The molecule has 0 bridgehead atoms. The van der Waals surface area contributed by atoms with Crippen molar-refractivity contribution in [1.29, 1.82) is 0 Å². The van der Waals surface area contributed by atoms with Crippen LogP contribution in [0.3, 0.4) is 0 Å². The third-order valence-corrected chi connectivity index (χ3v) is 6.16. The van der Waals surface area contributed by atoms with Crippen LogP contribution in [0.4, 0.5) is 11.4 Å². The fraction of sp³-hybridized carbons (Fsp3) is 0.464. The van der Waals surface area contributed by atoms with Gasteiger partial charge in [0.05, 0.1) is 26.4 Å². The van der Waals surface area contributed by atoms with E-state index in [-0.39, 0.29) is 5.97 Å². The maximum Gasteiger partial charge on any atom is 0.330 e. The second-order valence-electron chi connectivity index (χ2n) is 8.50. The first kappa shape index (κ1) is 27.2. The smallest absolute Gasteiger partial charge is 0.330 e. The molecule has 0 fully saturated rings. The summed E-state index contributed by atoms with van der Waals surface area (Å²) >= 11 is 6.40. The number of carbonyl (C=O) groups excluding carboxylic acids is 1. The van der Waals surface area contributed by atoms with E-state index in [0.29, 0.717) is 33.0 Å². The predicted molar refractivity (Wildman–Crippen MR) is 142 cm³/mol. The number of carbonyl (C=O) groups is 1. The second-order valence-corrected chi connectivity index (χ2v) is 8.94. The average Bonchev–Trinajstić information content (AvgIpc) is 3.00. The van der Waals surface area contributed by atoms with Gasteiger partial charge in [0.2, 0.25) is 0 Å². The Morgan fingerprint density at radius 1 is 1.09 bits per heavy atom. The number of aryl methyl sites for hydroxylation is 2. The van der Waals surface area contributed by atoms with Crippen LogP contribution in [0.25, 0.3) is 0 Å². The largest absolute Gasteiger partial charge is 0.463 e. The number of nitrogens with one attached hydrogen (secondary N) is 1. The maximum absolute atomic E-state index is 11.3. The molecular formula is C28H37ClN2O4. The maximum atomic E-state index is 11.3. The number of anilines is 2. The van der Waals surface area contributed by atoms with Gasteiger partial charge in [0, 0.05) is 42.7 Å². The fourth-order valence-corrected chi connectivity index (χ4v) is 4.38. The van der Waals surface area contributed by atoms with E-state index in [1.54, 1.807) is 20.1 Å². The van der Waals surface area contributed by atoms with Crippen LogP contribution in [-0.2, 0) is 38.5 Å². The highest BCUT2D eigenvalue weighted by atomic mass is 35.5. The summed E-state index contributed by atoms with van der Waals surface area (Å²) < 4.78 is 15.7. The third-order valence-electron chi connectivity index (χ3n) is 5.93. The topological polar surface area (TPSA) is 60.0 Å². The van der Waals surface area contributed by atoms with E-state index in [1.165, 1.54) is 34.1 Å². The van der Waals surface area contributed by atoms with Gasteiger partial charge in [0.15, 0.2) is 0 Å². The van der Waals surface area contributed by atoms with Crippen LogP contribution in [0, 0.1) is 0 Å². The van der Waals surface area contributed by atoms with Crippen molar-refractivity contribution >= 4 is 28.9 Å². The summed E-state index contributed by atoms with van der Waals surface area (Å²) in [5.41, 5.74) is 6.30.